The first-order valence-electron chi connectivity index (χ1n) is 19.6. The number of halogens is 1. The Balaban J connectivity index is 1.75. The number of carbonyl (C=O) groups excluding carboxylic acids is 3. The van der Waals surface area contributed by atoms with E-state index in [9.17, 15) is 24.6 Å². The number of carbonyl (C=O) groups is 3. The van der Waals surface area contributed by atoms with Crippen LogP contribution >= 0.6 is 11.6 Å². The minimum Gasteiger partial charge on any atom is -0.458 e. The van der Waals surface area contributed by atoms with Crippen molar-refractivity contribution in [2.75, 3.05) is 34.2 Å². The first kappa shape index (κ1) is 45.0. The molecule has 1 aromatic rings. The van der Waals surface area contributed by atoms with E-state index in [-0.39, 0.29) is 37.1 Å². The highest BCUT2D eigenvalue weighted by molar-refractivity contribution is 6.31. The lowest BCUT2D eigenvalue weighted by atomic mass is 9.77. The van der Waals surface area contributed by atoms with Gasteiger partial charge in [0, 0.05) is 36.1 Å². The van der Waals surface area contributed by atoms with Crippen LogP contribution in [0.2, 0.25) is 5.02 Å². The van der Waals surface area contributed by atoms with Crippen molar-refractivity contribution in [3.63, 3.8) is 0 Å². The lowest BCUT2D eigenvalue weighted by Crippen LogP contribution is -2.59. The summed E-state index contributed by atoms with van der Waals surface area (Å²) in [5, 5.41) is 27.3. The van der Waals surface area contributed by atoms with Crippen LogP contribution < -0.4 is 5.32 Å². The number of esters is 1. The fourth-order valence-electron chi connectivity index (χ4n) is 8.71. The predicted octanol–water partition coefficient (Wildman–Crippen LogP) is 4.79. The average Bonchev–Trinajstić information content (AvgIpc) is 3.42. The zero-order valence-electron chi connectivity index (χ0n) is 34.3. The van der Waals surface area contributed by atoms with Gasteiger partial charge in [-0.05, 0) is 99.0 Å². The molecule has 4 rings (SSSR count). The van der Waals surface area contributed by atoms with Crippen LogP contribution in [-0.4, -0.2) is 139 Å². The Morgan fingerprint density at radius 1 is 1.11 bits per heavy atom. The van der Waals surface area contributed by atoms with Gasteiger partial charge < -0.3 is 48.9 Å². The van der Waals surface area contributed by atoms with Crippen molar-refractivity contribution in [2.24, 2.45) is 17.8 Å². The van der Waals surface area contributed by atoms with Gasteiger partial charge in [-0.15, -0.1) is 0 Å². The Labute approximate surface area is 331 Å². The van der Waals surface area contributed by atoms with Gasteiger partial charge in [0.05, 0.1) is 23.7 Å². The van der Waals surface area contributed by atoms with Crippen LogP contribution in [-0.2, 0) is 39.6 Å². The van der Waals surface area contributed by atoms with Crippen LogP contribution in [0.15, 0.2) is 24.3 Å². The van der Waals surface area contributed by atoms with Crippen LogP contribution in [0.25, 0.3) is 0 Å². The molecule has 15 heteroatoms. The second-order valence-corrected chi connectivity index (χ2v) is 17.1. The van der Waals surface area contributed by atoms with E-state index in [0.717, 1.165) is 5.56 Å². The van der Waals surface area contributed by atoms with Crippen molar-refractivity contribution >= 4 is 29.8 Å². The number of amides is 1. The third-order valence-electron chi connectivity index (χ3n) is 11.7. The van der Waals surface area contributed by atoms with E-state index in [0.29, 0.717) is 30.8 Å². The molecule has 0 spiro atoms. The number of hydrogen-bond donors (Lipinski definition) is 3. The highest BCUT2D eigenvalue weighted by Gasteiger charge is 2.58. The number of hydrogen-bond acceptors (Lipinski definition) is 13. The van der Waals surface area contributed by atoms with Crippen molar-refractivity contribution < 1.29 is 53.0 Å². The summed E-state index contributed by atoms with van der Waals surface area (Å²) in [4.78, 5) is 44.5. The molecule has 3 saturated heterocycles. The van der Waals surface area contributed by atoms with E-state index in [1.54, 1.807) is 33.8 Å². The van der Waals surface area contributed by atoms with Gasteiger partial charge in [-0.25, -0.2) is 9.59 Å². The smallest absolute Gasteiger partial charge is 0.458 e. The average molecular weight is 798 g/mol. The lowest BCUT2D eigenvalue weighted by molar-refractivity contribution is -0.299. The Kier molecular flexibility index (Phi) is 15.3. The van der Waals surface area contributed by atoms with Crippen molar-refractivity contribution in [3.8, 4) is 0 Å². The summed E-state index contributed by atoms with van der Waals surface area (Å²) in [6.45, 7) is 15.0. The van der Waals surface area contributed by atoms with E-state index in [2.05, 4.69) is 5.32 Å². The number of ether oxygens (including phenoxy) is 6. The molecule has 312 valence electrons. The highest BCUT2D eigenvalue weighted by atomic mass is 35.5. The Bertz CT molecular complexity index is 1470. The van der Waals surface area contributed by atoms with Crippen LogP contribution in [0.1, 0.15) is 80.2 Å². The van der Waals surface area contributed by atoms with E-state index in [1.165, 1.54) is 0 Å². The maximum Gasteiger partial charge on any atom is 0.509 e. The SMILES string of the molecule is CC[C@H]1OC(=O)[C@H](C)[C@@H](OC(=O)NCCc2ccccc2Cl)[C@H](C)[C@@H](O[C@@H]2O[C@H](C)C[C@H](N(C)C)[C@H]2O)[C@@](C)(O)C[C@@H](C)CN(C)[C@H](C)[C@H]2OC(=O)O[C@@]21C. The van der Waals surface area contributed by atoms with Gasteiger partial charge in [0.2, 0.25) is 0 Å². The second kappa shape index (κ2) is 18.7. The molecule has 0 aliphatic carbocycles. The highest BCUT2D eigenvalue weighted by Crippen LogP contribution is 2.40. The topological polar surface area (TPSA) is 166 Å². The van der Waals surface area contributed by atoms with E-state index in [1.807, 2.05) is 76.8 Å². The van der Waals surface area contributed by atoms with Crippen LogP contribution in [0, 0.1) is 17.8 Å². The quantitative estimate of drug-likeness (QED) is 0.243. The summed E-state index contributed by atoms with van der Waals surface area (Å²) >= 11 is 6.34. The van der Waals surface area contributed by atoms with E-state index < -0.39 is 78.1 Å². The summed E-state index contributed by atoms with van der Waals surface area (Å²) in [5.74, 6) is -2.82. The third kappa shape index (κ3) is 10.6. The number of aliphatic hydroxyl groups excluding tert-OH is 1. The molecule has 0 unspecified atom stereocenters. The van der Waals surface area contributed by atoms with Gasteiger partial charge in [0.1, 0.15) is 18.3 Å². The monoisotopic (exact) mass is 797 g/mol. The summed E-state index contributed by atoms with van der Waals surface area (Å²) in [5.41, 5.74) is -2.09. The second-order valence-electron chi connectivity index (χ2n) is 16.7. The number of likely N-dealkylation sites (N-methyl/N-ethyl adjacent to an activating group) is 2. The van der Waals surface area contributed by atoms with Crippen LogP contribution in [0.4, 0.5) is 9.59 Å². The normalized spacial score (nSPS) is 39.5. The van der Waals surface area contributed by atoms with E-state index >= 15 is 0 Å². The van der Waals surface area contributed by atoms with Gasteiger partial charge in [-0.2, -0.15) is 0 Å². The van der Waals surface area contributed by atoms with Crippen molar-refractivity contribution in [1.82, 2.24) is 15.1 Å². The molecule has 1 aromatic carbocycles. The van der Waals surface area contributed by atoms with E-state index in [4.69, 9.17) is 40.0 Å². The zero-order valence-corrected chi connectivity index (χ0v) is 35.1. The lowest BCUT2D eigenvalue weighted by Gasteiger charge is -2.47. The number of alkyl carbamates (subject to hydrolysis) is 1. The van der Waals surface area contributed by atoms with Gasteiger partial charge in [0.15, 0.2) is 18.0 Å². The third-order valence-corrected chi connectivity index (χ3v) is 12.1. The van der Waals surface area contributed by atoms with Crippen molar-refractivity contribution in [1.29, 1.82) is 0 Å². The number of aliphatic hydroxyl groups is 2. The van der Waals surface area contributed by atoms with Crippen LogP contribution in [0.5, 0.6) is 0 Å². The fourth-order valence-corrected chi connectivity index (χ4v) is 8.94. The zero-order chi connectivity index (χ0) is 41.0. The maximum atomic E-state index is 14.3. The van der Waals surface area contributed by atoms with Gasteiger partial charge in [-0.3, -0.25) is 9.69 Å². The molecule has 3 aliphatic heterocycles. The standard InChI is InChI=1S/C40H64ClN3O11/c1-12-30-40(8)34(54-38(48)55-40)26(6)44(11)21-22(2)20-39(7,49)33(53-36-31(45)29(43(9)10)19-23(3)50-36)24(4)32(25(5)35(46)51-30)52-37(47)42-18-17-27-15-13-14-16-28(27)41/h13-16,22-26,29-34,36,45,49H,12,17-21H2,1-11H3,(H,42,47)/t22-,23-,24+,25-,26-,29+,30-,31-,32+,33-,34-,36+,39+,40-/m1/s1. The molecule has 1 amide bonds. The number of cyclic esters (lactones) is 1. The molecule has 0 saturated carbocycles. The minimum absolute atomic E-state index is 0.148. The van der Waals surface area contributed by atoms with Gasteiger partial charge in [-0.1, -0.05) is 50.6 Å². The van der Waals surface area contributed by atoms with Crippen LogP contribution in [0.3, 0.4) is 0 Å². The van der Waals surface area contributed by atoms with Crippen molar-refractivity contribution in [2.45, 2.75) is 147 Å². The molecule has 0 bridgehead atoms. The molecule has 3 aliphatic rings. The molecule has 0 radical (unpaired) electrons. The number of benzene rings is 1. The molecule has 14 atom stereocenters. The summed E-state index contributed by atoms with van der Waals surface area (Å²) in [6.07, 6.45) is -6.67. The number of nitrogens with zero attached hydrogens (tertiary/aromatic N) is 2. The molecule has 55 heavy (non-hydrogen) atoms. The number of rotatable bonds is 8. The van der Waals surface area contributed by atoms with Gasteiger partial charge in [0.25, 0.3) is 0 Å². The number of fused-ring (bicyclic) bond motifs is 1. The molecule has 0 aromatic heterocycles. The largest absolute Gasteiger partial charge is 0.509 e. The first-order chi connectivity index (χ1) is 25.7. The molecular formula is C40H64ClN3O11. The van der Waals surface area contributed by atoms with Gasteiger partial charge >= 0.3 is 18.2 Å². The maximum absolute atomic E-state index is 14.3. The first-order valence-corrected chi connectivity index (χ1v) is 19.9. The summed E-state index contributed by atoms with van der Waals surface area (Å²) < 4.78 is 36.6. The molecule has 14 nitrogen and oxygen atoms in total. The molecule has 3 fully saturated rings. The summed E-state index contributed by atoms with van der Waals surface area (Å²) in [6, 6.07) is 6.65. The molecule has 3 N–H and O–H groups in total. The Hall–Kier alpha value is -2.72. The molecule has 3 heterocycles. The van der Waals surface area contributed by atoms with Crippen molar-refractivity contribution in [3.05, 3.63) is 34.9 Å². The number of nitrogens with one attached hydrogen (secondary N) is 1. The Morgan fingerprint density at radius 3 is 2.42 bits per heavy atom. The molecular weight excluding hydrogens is 734 g/mol. The fraction of sp³-hybridized carbons (Fsp3) is 0.775. The Morgan fingerprint density at radius 2 is 1.78 bits per heavy atom. The minimum atomic E-state index is -1.60. The summed E-state index contributed by atoms with van der Waals surface area (Å²) in [7, 11) is 5.64. The predicted molar refractivity (Wildman–Crippen MR) is 205 cm³/mol.